The lowest BCUT2D eigenvalue weighted by molar-refractivity contribution is 1.01. The minimum atomic E-state index is -0.328. The molecule has 0 aliphatic rings. The van der Waals surface area contributed by atoms with Crippen molar-refractivity contribution < 1.29 is 15.1 Å². The van der Waals surface area contributed by atoms with E-state index in [-0.39, 0.29) is 83.1 Å². The minimum Gasteiger partial charge on any atom is -0.294 e. The van der Waals surface area contributed by atoms with Crippen LogP contribution in [0.2, 0.25) is 0 Å². The van der Waals surface area contributed by atoms with Gasteiger partial charge in [0.15, 0.2) is 0 Å². The van der Waals surface area contributed by atoms with Gasteiger partial charge in [-0.3, -0.25) is 9.13 Å². The first-order valence-corrected chi connectivity index (χ1v) is 9.92. The van der Waals surface area contributed by atoms with Crippen LogP contribution in [0.1, 0.15) is 15.1 Å². The van der Waals surface area contributed by atoms with Gasteiger partial charge in [-0.2, -0.15) is 0 Å². The van der Waals surface area contributed by atoms with Crippen LogP contribution in [0.5, 0.6) is 0 Å². The molecule has 7 rings (SSSR count). The van der Waals surface area contributed by atoms with Crippen molar-refractivity contribution in [3.63, 3.8) is 0 Å². The van der Waals surface area contributed by atoms with Crippen LogP contribution in [-0.4, -0.2) is 14.1 Å². The molecule has 0 amide bonds. The third-order valence-corrected chi connectivity index (χ3v) is 5.62. The molecule has 0 N–H and O–H groups in total. The van der Waals surface area contributed by atoms with Crippen molar-refractivity contribution in [3.8, 4) is 11.6 Å². The molecule has 3 nitrogen and oxygen atoms in total. The van der Waals surface area contributed by atoms with Crippen LogP contribution in [0.15, 0.2) is 115 Å². The summed E-state index contributed by atoms with van der Waals surface area (Å²) >= 11 is 0. The molecule has 7 aromatic rings. The third-order valence-electron chi connectivity index (χ3n) is 5.62. The molecule has 3 heteroatoms. The molecular weight excluding hydrogens is 390 g/mol. The first-order valence-electron chi connectivity index (χ1n) is 15.4. The number of benzene rings is 4. The van der Waals surface area contributed by atoms with Crippen LogP contribution >= 0.6 is 0 Å². The average molecular weight is 421 g/mol. The Hall–Kier alpha value is -4.37. The maximum absolute atomic E-state index is 8.62. The lowest BCUT2D eigenvalue weighted by atomic mass is 10.2. The second-order valence-electron chi connectivity index (χ2n) is 7.30. The third kappa shape index (κ3) is 2.33. The molecule has 0 saturated carbocycles. The normalized spacial score (nSPS) is 16.6. The van der Waals surface area contributed by atoms with Gasteiger partial charge in [-0.05, 0) is 36.4 Å². The Morgan fingerprint density at radius 3 is 1.41 bits per heavy atom. The van der Waals surface area contributed by atoms with Crippen LogP contribution in [0.3, 0.4) is 0 Å². The molecule has 0 radical (unpaired) electrons. The maximum Gasteiger partial charge on any atom is 0.140 e. The van der Waals surface area contributed by atoms with Gasteiger partial charge in [0, 0.05) is 21.5 Å². The van der Waals surface area contributed by atoms with Gasteiger partial charge in [0.05, 0.1) is 37.1 Å². The van der Waals surface area contributed by atoms with Crippen LogP contribution in [0, 0.1) is 0 Å². The van der Waals surface area contributed by atoms with E-state index in [9.17, 15) is 0 Å². The Morgan fingerprint density at radius 2 is 0.875 bits per heavy atom. The predicted octanol–water partition coefficient (Wildman–Crippen LogP) is 7.28. The van der Waals surface area contributed by atoms with Gasteiger partial charge in [0.2, 0.25) is 0 Å². The van der Waals surface area contributed by atoms with Gasteiger partial charge in [-0.25, -0.2) is 4.98 Å². The first kappa shape index (κ1) is 9.84. The van der Waals surface area contributed by atoms with Crippen LogP contribution in [0.4, 0.5) is 0 Å². The summed E-state index contributed by atoms with van der Waals surface area (Å²) in [5.74, 6) is 0.586. The van der Waals surface area contributed by atoms with E-state index in [1.165, 1.54) is 30.3 Å². The number of hydrogen-bond acceptors (Lipinski definition) is 1. The van der Waals surface area contributed by atoms with Crippen molar-refractivity contribution in [2.45, 2.75) is 0 Å². The highest BCUT2D eigenvalue weighted by Crippen LogP contribution is 2.33. The molecule has 150 valence electrons. The van der Waals surface area contributed by atoms with Crippen LogP contribution in [-0.2, 0) is 0 Å². The van der Waals surface area contributed by atoms with E-state index >= 15 is 0 Å². The van der Waals surface area contributed by atoms with E-state index in [2.05, 4.69) is 0 Å². The van der Waals surface area contributed by atoms with Crippen LogP contribution < -0.4 is 0 Å². The topological polar surface area (TPSA) is 22.8 Å². The monoisotopic (exact) mass is 420 g/mol. The standard InChI is InChI=1S/C29H19N3/c1-5-14-24-20(10-1)21-11-2-6-15-25(21)31(24)28-18-9-19-29(30-28)32-26-16-7-3-12-22(26)23-13-4-8-17-27(23)32/h1-19H/i1D,2D,3D,4D,5D,6D,7D,8D,10D,11D,12D. The summed E-state index contributed by atoms with van der Waals surface area (Å²) in [6.07, 6.45) is 0. The maximum atomic E-state index is 8.62. The Labute approximate surface area is 200 Å². The lowest BCUT2D eigenvalue weighted by Gasteiger charge is -2.11. The second kappa shape index (κ2) is 6.56. The second-order valence-corrected chi connectivity index (χ2v) is 7.30. The first-order chi connectivity index (χ1) is 20.4. The smallest absolute Gasteiger partial charge is 0.140 e. The molecule has 0 aliphatic carbocycles. The van der Waals surface area contributed by atoms with Crippen molar-refractivity contribution in [1.29, 1.82) is 0 Å². The summed E-state index contributed by atoms with van der Waals surface area (Å²) in [7, 11) is 0. The van der Waals surface area contributed by atoms with Crippen molar-refractivity contribution in [2.24, 2.45) is 0 Å². The van der Waals surface area contributed by atoms with E-state index in [4.69, 9.17) is 20.1 Å². The Morgan fingerprint density at radius 1 is 0.469 bits per heavy atom. The number of rotatable bonds is 2. The van der Waals surface area contributed by atoms with E-state index in [0.29, 0.717) is 38.7 Å². The Balaban J connectivity index is 1.62. The zero-order chi connectivity index (χ0) is 30.6. The molecule has 3 heterocycles. The fourth-order valence-corrected chi connectivity index (χ4v) is 4.31. The van der Waals surface area contributed by atoms with E-state index < -0.39 is 0 Å². The van der Waals surface area contributed by atoms with Crippen molar-refractivity contribution >= 4 is 43.6 Å². The number of para-hydroxylation sites is 4. The number of nitrogens with zero attached hydrogens (tertiary/aromatic N) is 3. The molecule has 32 heavy (non-hydrogen) atoms. The summed E-state index contributed by atoms with van der Waals surface area (Å²) in [6.45, 7) is 0. The van der Waals surface area contributed by atoms with Gasteiger partial charge in [0.1, 0.15) is 11.6 Å². The largest absolute Gasteiger partial charge is 0.294 e. The average Bonchev–Trinajstić information content (AvgIpc) is 3.45. The zero-order valence-electron chi connectivity index (χ0n) is 27.5. The quantitative estimate of drug-likeness (QED) is 0.288. The van der Waals surface area contributed by atoms with Crippen molar-refractivity contribution in [1.82, 2.24) is 14.1 Å². The molecule has 0 spiro atoms. The molecule has 3 aromatic heterocycles. The molecule has 0 saturated heterocycles. The summed E-state index contributed by atoms with van der Waals surface area (Å²) < 4.78 is 95.1. The molecule has 0 bridgehead atoms. The fraction of sp³-hybridized carbons (Fsp3) is 0. The number of aromatic nitrogens is 3. The zero-order valence-corrected chi connectivity index (χ0v) is 16.5. The van der Waals surface area contributed by atoms with E-state index in [1.54, 1.807) is 27.3 Å². The Kier molecular flexibility index (Phi) is 2.02. The SMILES string of the molecule is [2H]c1cc2c3c([2H])c([2H])c([2H])cc3n(-c3cccc(-n4c5cc([2H])c([2H])c([2H])c5c5c([2H])c([2H])c([2H])cc54)n3)c2cc1[2H]. The number of hydrogen-bond donors (Lipinski definition) is 0. The summed E-state index contributed by atoms with van der Waals surface area (Å²) in [5, 5.41) is 1.19. The fourth-order valence-electron chi connectivity index (χ4n) is 4.31. The van der Waals surface area contributed by atoms with Gasteiger partial charge >= 0.3 is 0 Å². The molecule has 0 atom stereocenters. The summed E-state index contributed by atoms with van der Waals surface area (Å²) in [5.41, 5.74) is 1.45. The van der Waals surface area contributed by atoms with Crippen molar-refractivity contribution in [2.75, 3.05) is 0 Å². The molecular formula is C29H19N3. The summed E-state index contributed by atoms with van der Waals surface area (Å²) in [4.78, 5) is 4.87. The number of fused-ring (bicyclic) bond motifs is 6. The highest BCUT2D eigenvalue weighted by molar-refractivity contribution is 6.10. The van der Waals surface area contributed by atoms with E-state index in [0.717, 1.165) is 0 Å². The van der Waals surface area contributed by atoms with Crippen molar-refractivity contribution in [3.05, 3.63) is 115 Å². The molecule has 0 aliphatic heterocycles. The highest BCUT2D eigenvalue weighted by atomic mass is 15.1. The van der Waals surface area contributed by atoms with Gasteiger partial charge in [-0.1, -0.05) is 78.6 Å². The minimum absolute atomic E-state index is 0.0586. The van der Waals surface area contributed by atoms with E-state index in [1.807, 2.05) is 0 Å². The van der Waals surface area contributed by atoms with Crippen LogP contribution in [0.25, 0.3) is 55.2 Å². The molecule has 4 aromatic carbocycles. The predicted molar refractivity (Wildman–Crippen MR) is 133 cm³/mol. The lowest BCUT2D eigenvalue weighted by Crippen LogP contribution is -2.02. The number of pyridine rings is 1. The van der Waals surface area contributed by atoms with Gasteiger partial charge in [0.25, 0.3) is 0 Å². The van der Waals surface area contributed by atoms with Gasteiger partial charge in [-0.15, -0.1) is 0 Å². The summed E-state index contributed by atoms with van der Waals surface area (Å²) in [6, 6.07) is 9.82. The van der Waals surface area contributed by atoms with Gasteiger partial charge < -0.3 is 0 Å². The Bertz CT molecular complexity index is 2300. The highest BCUT2D eigenvalue weighted by Gasteiger charge is 2.15. The molecule has 0 fully saturated rings. The molecule has 0 unspecified atom stereocenters.